The van der Waals surface area contributed by atoms with Gasteiger partial charge in [-0.25, -0.2) is 4.39 Å². The van der Waals surface area contributed by atoms with Gasteiger partial charge in [-0.15, -0.1) is 0 Å². The van der Waals surface area contributed by atoms with Crippen LogP contribution in [-0.4, -0.2) is 11.8 Å². The summed E-state index contributed by atoms with van der Waals surface area (Å²) in [6.45, 7) is 0. The predicted molar refractivity (Wildman–Crippen MR) is 73.7 cm³/mol. The number of primary amides is 1. The van der Waals surface area contributed by atoms with Crippen LogP contribution in [0.1, 0.15) is 20.7 Å². The summed E-state index contributed by atoms with van der Waals surface area (Å²) in [4.78, 5) is 23.0. The van der Waals surface area contributed by atoms with Crippen molar-refractivity contribution in [1.82, 2.24) is 0 Å². The minimum Gasteiger partial charge on any atom is -0.398 e. The lowest BCUT2D eigenvalue weighted by Crippen LogP contribution is -2.16. The molecule has 20 heavy (non-hydrogen) atoms. The Labute approximate surface area is 114 Å². The molecular formula is C14H12FN3O2. The van der Waals surface area contributed by atoms with Gasteiger partial charge in [-0.2, -0.15) is 0 Å². The molecule has 0 heterocycles. The Morgan fingerprint density at radius 3 is 2.40 bits per heavy atom. The molecule has 0 saturated heterocycles. The summed E-state index contributed by atoms with van der Waals surface area (Å²) in [6.07, 6.45) is 0. The zero-order chi connectivity index (χ0) is 14.7. The maximum absolute atomic E-state index is 13.3. The van der Waals surface area contributed by atoms with E-state index in [1.165, 1.54) is 12.1 Å². The molecule has 0 aliphatic rings. The summed E-state index contributed by atoms with van der Waals surface area (Å²) in [5.74, 6) is -2.10. The number of nitrogen functional groups attached to an aromatic ring is 1. The van der Waals surface area contributed by atoms with Crippen LogP contribution in [0.2, 0.25) is 0 Å². The quantitative estimate of drug-likeness (QED) is 0.743. The first-order valence-electron chi connectivity index (χ1n) is 5.74. The van der Waals surface area contributed by atoms with Crippen LogP contribution in [0.3, 0.4) is 0 Å². The van der Waals surface area contributed by atoms with Gasteiger partial charge in [0.15, 0.2) is 0 Å². The van der Waals surface area contributed by atoms with Gasteiger partial charge in [0.2, 0.25) is 0 Å². The smallest absolute Gasteiger partial charge is 0.257 e. The largest absolute Gasteiger partial charge is 0.398 e. The number of rotatable bonds is 3. The lowest BCUT2D eigenvalue weighted by Gasteiger charge is -2.08. The van der Waals surface area contributed by atoms with E-state index < -0.39 is 17.6 Å². The molecule has 0 aliphatic carbocycles. The van der Waals surface area contributed by atoms with Crippen molar-refractivity contribution in [3.63, 3.8) is 0 Å². The summed E-state index contributed by atoms with van der Waals surface area (Å²) in [6, 6.07) is 10.1. The zero-order valence-corrected chi connectivity index (χ0v) is 10.4. The molecule has 0 aliphatic heterocycles. The van der Waals surface area contributed by atoms with E-state index in [4.69, 9.17) is 11.5 Å². The molecule has 2 aromatic rings. The molecule has 2 amide bonds. The fourth-order valence-corrected chi connectivity index (χ4v) is 1.69. The van der Waals surface area contributed by atoms with Crippen molar-refractivity contribution in [2.24, 2.45) is 5.73 Å². The SMILES string of the molecule is NC(=O)c1cc(NC(=O)c2ccccc2N)ccc1F. The van der Waals surface area contributed by atoms with Crippen LogP contribution < -0.4 is 16.8 Å². The first-order valence-corrected chi connectivity index (χ1v) is 5.74. The summed E-state index contributed by atoms with van der Waals surface area (Å²) >= 11 is 0. The number of carbonyl (C=O) groups is 2. The maximum Gasteiger partial charge on any atom is 0.257 e. The second-order valence-electron chi connectivity index (χ2n) is 4.10. The Morgan fingerprint density at radius 1 is 1.05 bits per heavy atom. The highest BCUT2D eigenvalue weighted by Crippen LogP contribution is 2.17. The Hall–Kier alpha value is -2.89. The third-order valence-corrected chi connectivity index (χ3v) is 2.70. The van der Waals surface area contributed by atoms with Gasteiger partial charge in [-0.05, 0) is 30.3 Å². The van der Waals surface area contributed by atoms with Gasteiger partial charge in [0.25, 0.3) is 11.8 Å². The van der Waals surface area contributed by atoms with Crippen molar-refractivity contribution in [2.45, 2.75) is 0 Å². The van der Waals surface area contributed by atoms with E-state index in [0.717, 1.165) is 6.07 Å². The molecule has 2 aromatic carbocycles. The standard InChI is InChI=1S/C14H12FN3O2/c15-11-6-5-8(7-10(11)13(17)19)18-14(20)9-3-1-2-4-12(9)16/h1-7H,16H2,(H2,17,19)(H,18,20). The lowest BCUT2D eigenvalue weighted by atomic mass is 10.1. The van der Waals surface area contributed by atoms with E-state index in [2.05, 4.69) is 5.32 Å². The van der Waals surface area contributed by atoms with Crippen molar-refractivity contribution < 1.29 is 14.0 Å². The molecule has 0 saturated carbocycles. The highest BCUT2D eigenvalue weighted by Gasteiger charge is 2.12. The zero-order valence-electron chi connectivity index (χ0n) is 10.4. The number of carbonyl (C=O) groups excluding carboxylic acids is 2. The number of amides is 2. The van der Waals surface area contributed by atoms with Crippen LogP contribution >= 0.6 is 0 Å². The molecule has 5 nitrogen and oxygen atoms in total. The highest BCUT2D eigenvalue weighted by molar-refractivity contribution is 6.08. The van der Waals surface area contributed by atoms with E-state index in [9.17, 15) is 14.0 Å². The first-order chi connectivity index (χ1) is 9.49. The van der Waals surface area contributed by atoms with Crippen molar-refractivity contribution >= 4 is 23.2 Å². The average Bonchev–Trinajstić information content (AvgIpc) is 2.41. The Balaban J connectivity index is 2.27. The van der Waals surface area contributed by atoms with Crippen molar-refractivity contribution in [2.75, 3.05) is 11.1 Å². The van der Waals surface area contributed by atoms with Crippen LogP contribution in [0.5, 0.6) is 0 Å². The molecule has 0 spiro atoms. The van der Waals surface area contributed by atoms with Crippen molar-refractivity contribution in [3.05, 3.63) is 59.4 Å². The maximum atomic E-state index is 13.3. The summed E-state index contributed by atoms with van der Waals surface area (Å²) in [5.41, 5.74) is 11.3. The van der Waals surface area contributed by atoms with Gasteiger partial charge in [0.1, 0.15) is 5.82 Å². The Kier molecular flexibility index (Phi) is 3.65. The predicted octanol–water partition coefficient (Wildman–Crippen LogP) is 1.76. The van der Waals surface area contributed by atoms with Crippen LogP contribution in [0.15, 0.2) is 42.5 Å². The summed E-state index contributed by atoms with van der Waals surface area (Å²) < 4.78 is 13.3. The number of hydrogen-bond donors (Lipinski definition) is 3. The van der Waals surface area contributed by atoms with Gasteiger partial charge in [0.05, 0.1) is 11.1 Å². The molecule has 6 heteroatoms. The van der Waals surface area contributed by atoms with Gasteiger partial charge in [-0.3, -0.25) is 9.59 Å². The molecule has 0 aromatic heterocycles. The van der Waals surface area contributed by atoms with E-state index >= 15 is 0 Å². The minimum atomic E-state index is -0.905. The third kappa shape index (κ3) is 2.74. The van der Waals surface area contributed by atoms with Crippen molar-refractivity contribution in [1.29, 1.82) is 0 Å². The average molecular weight is 273 g/mol. The normalized spacial score (nSPS) is 10.1. The summed E-state index contributed by atoms with van der Waals surface area (Å²) in [7, 11) is 0. The van der Waals surface area contributed by atoms with Crippen LogP contribution in [0.4, 0.5) is 15.8 Å². The minimum absolute atomic E-state index is 0.258. The number of hydrogen-bond acceptors (Lipinski definition) is 3. The number of nitrogens with two attached hydrogens (primary N) is 2. The van der Waals surface area contributed by atoms with Gasteiger partial charge < -0.3 is 16.8 Å². The molecular weight excluding hydrogens is 261 g/mol. The number of nitrogens with one attached hydrogen (secondary N) is 1. The van der Waals surface area contributed by atoms with E-state index in [-0.39, 0.29) is 16.8 Å². The molecule has 5 N–H and O–H groups in total. The lowest BCUT2D eigenvalue weighted by molar-refractivity contribution is 0.0992. The molecule has 0 fully saturated rings. The second-order valence-corrected chi connectivity index (χ2v) is 4.10. The van der Waals surface area contributed by atoms with Crippen LogP contribution in [-0.2, 0) is 0 Å². The molecule has 0 bridgehead atoms. The molecule has 2 rings (SSSR count). The van der Waals surface area contributed by atoms with E-state index in [0.29, 0.717) is 5.69 Å². The Morgan fingerprint density at radius 2 is 1.75 bits per heavy atom. The summed E-state index contributed by atoms with van der Waals surface area (Å²) in [5, 5.41) is 2.53. The Bertz CT molecular complexity index is 686. The van der Waals surface area contributed by atoms with Gasteiger partial charge >= 0.3 is 0 Å². The van der Waals surface area contributed by atoms with Gasteiger partial charge in [0, 0.05) is 11.4 Å². The fourth-order valence-electron chi connectivity index (χ4n) is 1.69. The molecule has 102 valence electrons. The second kappa shape index (κ2) is 5.40. The molecule has 0 unspecified atom stereocenters. The van der Waals surface area contributed by atoms with Gasteiger partial charge in [-0.1, -0.05) is 12.1 Å². The monoisotopic (exact) mass is 273 g/mol. The van der Waals surface area contributed by atoms with Crippen molar-refractivity contribution in [3.8, 4) is 0 Å². The number of para-hydroxylation sites is 1. The number of benzene rings is 2. The van der Waals surface area contributed by atoms with Crippen LogP contribution in [0.25, 0.3) is 0 Å². The number of halogens is 1. The highest BCUT2D eigenvalue weighted by atomic mass is 19.1. The first kappa shape index (κ1) is 13.5. The van der Waals surface area contributed by atoms with Crippen LogP contribution in [0, 0.1) is 5.82 Å². The fraction of sp³-hybridized carbons (Fsp3) is 0. The molecule has 0 radical (unpaired) electrons. The van der Waals surface area contributed by atoms with E-state index in [1.54, 1.807) is 24.3 Å². The number of anilines is 2. The molecule has 0 atom stereocenters. The topological polar surface area (TPSA) is 98.2 Å². The van der Waals surface area contributed by atoms with E-state index in [1.807, 2.05) is 0 Å². The third-order valence-electron chi connectivity index (χ3n) is 2.70.